The van der Waals surface area contributed by atoms with E-state index in [1.807, 2.05) is 0 Å². The molecule has 0 spiro atoms. The molecular formula is C30H28O11. The summed E-state index contributed by atoms with van der Waals surface area (Å²) in [6.07, 6.45) is 2.76. The van der Waals surface area contributed by atoms with Gasteiger partial charge in [0.15, 0.2) is 46.7 Å². The van der Waals surface area contributed by atoms with E-state index in [1.54, 1.807) is 36.4 Å². The fraction of sp³-hybridized carbons (Fsp3) is 0.200. The maximum absolute atomic E-state index is 11.2. The molecule has 0 saturated carbocycles. The van der Waals surface area contributed by atoms with Crippen molar-refractivity contribution in [2.75, 3.05) is 27.9 Å². The molecule has 3 aromatic carbocycles. The van der Waals surface area contributed by atoms with E-state index in [0.29, 0.717) is 27.8 Å². The lowest BCUT2D eigenvalue weighted by Crippen LogP contribution is -2.34. The average molecular weight is 565 g/mol. The average Bonchev–Trinajstić information content (AvgIpc) is 2.96. The molecular weight excluding hydrogens is 536 g/mol. The third-order valence-electron chi connectivity index (χ3n) is 6.29. The minimum atomic E-state index is -1.15. The van der Waals surface area contributed by atoms with E-state index in [1.165, 1.54) is 39.5 Å². The molecule has 3 aromatic rings. The largest absolute Gasteiger partial charge is 0.504 e. The molecule has 0 radical (unpaired) electrons. The third kappa shape index (κ3) is 6.20. The van der Waals surface area contributed by atoms with Crippen LogP contribution in [0.3, 0.4) is 0 Å². The van der Waals surface area contributed by atoms with Crippen molar-refractivity contribution in [1.29, 1.82) is 0 Å². The molecule has 1 aliphatic heterocycles. The maximum Gasteiger partial charge on any atom is 0.328 e. The first kappa shape index (κ1) is 28.8. The number of phenolic OH excluding ortho intramolecular Hbond substituents is 1. The summed E-state index contributed by atoms with van der Waals surface area (Å²) in [6, 6.07) is 11.1. The molecule has 1 aliphatic rings. The van der Waals surface area contributed by atoms with E-state index in [4.69, 9.17) is 28.8 Å². The van der Waals surface area contributed by atoms with Gasteiger partial charge in [0, 0.05) is 28.8 Å². The van der Waals surface area contributed by atoms with Gasteiger partial charge in [-0.2, -0.15) is 0 Å². The van der Waals surface area contributed by atoms with Gasteiger partial charge in [-0.3, -0.25) is 0 Å². The molecule has 4 N–H and O–H groups in total. The van der Waals surface area contributed by atoms with Crippen molar-refractivity contribution in [2.45, 2.75) is 12.2 Å². The molecule has 0 unspecified atom stereocenters. The number of aliphatic hydroxyl groups is 1. The van der Waals surface area contributed by atoms with Crippen LogP contribution in [0, 0.1) is 0 Å². The number of aliphatic carboxylic acids is 2. The predicted molar refractivity (Wildman–Crippen MR) is 148 cm³/mol. The Morgan fingerprint density at radius 3 is 1.76 bits per heavy atom. The zero-order chi connectivity index (χ0) is 29.7. The van der Waals surface area contributed by atoms with Crippen LogP contribution in [0.25, 0.3) is 23.3 Å². The van der Waals surface area contributed by atoms with Crippen LogP contribution < -0.4 is 23.7 Å². The maximum atomic E-state index is 11.2. The Bertz CT molecular complexity index is 1520. The molecule has 0 amide bonds. The Hall–Kier alpha value is -5.16. The highest BCUT2D eigenvalue weighted by atomic mass is 16.6. The first-order valence-electron chi connectivity index (χ1n) is 12.3. The molecule has 11 nitrogen and oxygen atoms in total. The summed E-state index contributed by atoms with van der Waals surface area (Å²) in [4.78, 5) is 22.4. The quantitative estimate of drug-likeness (QED) is 0.276. The first-order chi connectivity index (χ1) is 19.7. The van der Waals surface area contributed by atoms with Crippen molar-refractivity contribution in [3.63, 3.8) is 0 Å². The van der Waals surface area contributed by atoms with Crippen molar-refractivity contribution < 1.29 is 53.7 Å². The molecule has 0 bridgehead atoms. The van der Waals surface area contributed by atoms with E-state index in [9.17, 15) is 24.9 Å². The van der Waals surface area contributed by atoms with Crippen molar-refractivity contribution in [1.82, 2.24) is 0 Å². The van der Waals surface area contributed by atoms with Crippen LogP contribution in [0.2, 0.25) is 0 Å². The molecule has 214 valence electrons. The Labute approximate surface area is 235 Å². The fourth-order valence-electron chi connectivity index (χ4n) is 4.42. The molecule has 2 atom stereocenters. The van der Waals surface area contributed by atoms with Crippen LogP contribution in [0.1, 0.15) is 22.8 Å². The second kappa shape index (κ2) is 12.3. The number of carboxylic acids is 2. The number of hydrogen-bond acceptors (Lipinski definition) is 9. The highest BCUT2D eigenvalue weighted by Crippen LogP contribution is 2.51. The normalized spacial score (nSPS) is 16.1. The summed E-state index contributed by atoms with van der Waals surface area (Å²) in [5.74, 6) is -1.26. The standard InChI is InChI=1S/C30H28O11/c1-37-22-14-18(6-7-21(22)32)28-25(15-31)40-29-19(10-16(4-8-26(33)34)12-23(29)38-2)20-11-17(5-9-27(35)36)13-24(39-3)30(20)41-28/h4-14,25,28,31-32H,15H2,1-3H3,(H,33,34)(H,35,36)/b8-4+,9-5+/t25-,28-/m1/s1. The number of carbonyl (C=O) groups is 2. The topological polar surface area (TPSA) is 161 Å². The van der Waals surface area contributed by atoms with Gasteiger partial charge in [0.1, 0.15) is 0 Å². The molecule has 11 heteroatoms. The van der Waals surface area contributed by atoms with Gasteiger partial charge in [-0.1, -0.05) is 6.07 Å². The zero-order valence-electron chi connectivity index (χ0n) is 22.4. The zero-order valence-corrected chi connectivity index (χ0v) is 22.4. The van der Waals surface area contributed by atoms with Crippen molar-refractivity contribution in [3.05, 3.63) is 71.3 Å². The van der Waals surface area contributed by atoms with Crippen LogP contribution >= 0.6 is 0 Å². The van der Waals surface area contributed by atoms with Crippen molar-refractivity contribution in [2.24, 2.45) is 0 Å². The van der Waals surface area contributed by atoms with Crippen molar-refractivity contribution >= 4 is 24.1 Å². The predicted octanol–water partition coefficient (Wildman–Crippen LogP) is 4.15. The summed E-state index contributed by atoms with van der Waals surface area (Å²) in [5.41, 5.74) is 2.26. The van der Waals surface area contributed by atoms with Gasteiger partial charge >= 0.3 is 11.9 Å². The van der Waals surface area contributed by atoms with Gasteiger partial charge < -0.3 is 44.1 Å². The summed E-state index contributed by atoms with van der Waals surface area (Å²) in [7, 11) is 4.25. The van der Waals surface area contributed by atoms with Crippen LogP contribution in [0.4, 0.5) is 0 Å². The van der Waals surface area contributed by atoms with E-state index in [-0.39, 0.29) is 34.5 Å². The summed E-state index contributed by atoms with van der Waals surface area (Å²) >= 11 is 0. The summed E-state index contributed by atoms with van der Waals surface area (Å²) < 4.78 is 29.4. The lowest BCUT2D eigenvalue weighted by molar-refractivity contribution is -0.132. The molecule has 1 heterocycles. The molecule has 4 rings (SSSR count). The molecule has 0 aliphatic carbocycles. The third-order valence-corrected chi connectivity index (χ3v) is 6.29. The number of benzene rings is 3. The van der Waals surface area contributed by atoms with Crippen molar-refractivity contribution in [3.8, 4) is 45.6 Å². The summed E-state index contributed by atoms with van der Waals surface area (Å²) in [6.45, 7) is -0.492. The number of rotatable bonds is 9. The number of hydrogen-bond donors (Lipinski definition) is 4. The number of phenols is 1. The van der Waals surface area contributed by atoms with Gasteiger partial charge in [-0.05, 0) is 59.7 Å². The fourth-order valence-corrected chi connectivity index (χ4v) is 4.42. The minimum absolute atomic E-state index is 0.0923. The number of methoxy groups -OCH3 is 3. The second-order valence-electron chi connectivity index (χ2n) is 8.85. The molecule has 0 fully saturated rings. The molecule has 0 aromatic heterocycles. The number of aromatic hydroxyl groups is 1. The van der Waals surface area contributed by atoms with Crippen LogP contribution in [0.5, 0.6) is 34.5 Å². The number of ether oxygens (including phenoxy) is 5. The highest BCUT2D eigenvalue weighted by molar-refractivity contribution is 5.90. The number of fused-ring (bicyclic) bond motifs is 3. The van der Waals surface area contributed by atoms with Gasteiger partial charge in [0.05, 0.1) is 27.9 Å². The number of carboxylic acid groups (broad SMARTS) is 2. The number of aliphatic hydroxyl groups excluding tert-OH is 1. The highest BCUT2D eigenvalue weighted by Gasteiger charge is 2.35. The Balaban J connectivity index is 2.04. The Morgan fingerprint density at radius 1 is 0.780 bits per heavy atom. The van der Waals surface area contributed by atoms with Crippen LogP contribution in [-0.2, 0) is 9.59 Å². The van der Waals surface area contributed by atoms with Crippen LogP contribution in [0.15, 0.2) is 54.6 Å². The van der Waals surface area contributed by atoms with Gasteiger partial charge in [0.25, 0.3) is 0 Å². The Kier molecular flexibility index (Phi) is 8.69. The molecule has 0 saturated heterocycles. The van der Waals surface area contributed by atoms with Gasteiger partial charge in [-0.25, -0.2) is 9.59 Å². The van der Waals surface area contributed by atoms with E-state index in [0.717, 1.165) is 12.2 Å². The minimum Gasteiger partial charge on any atom is -0.504 e. The Morgan fingerprint density at radius 2 is 1.29 bits per heavy atom. The lowest BCUT2D eigenvalue weighted by atomic mass is 9.95. The molecule has 41 heavy (non-hydrogen) atoms. The smallest absolute Gasteiger partial charge is 0.328 e. The first-order valence-corrected chi connectivity index (χ1v) is 12.3. The van der Waals surface area contributed by atoms with E-state index < -0.39 is 30.8 Å². The van der Waals surface area contributed by atoms with Gasteiger partial charge in [0.2, 0.25) is 0 Å². The monoisotopic (exact) mass is 564 g/mol. The van der Waals surface area contributed by atoms with E-state index >= 15 is 0 Å². The summed E-state index contributed by atoms with van der Waals surface area (Å²) in [5, 5.41) is 38.9. The SMILES string of the molecule is COc1cc([C@H]2Oc3c(OC)cc(/C=C/C(=O)O)cc3-c3cc(/C=C/C(=O)O)cc(OC)c3O[C@@H]2CO)ccc1O. The second-order valence-corrected chi connectivity index (χ2v) is 8.85. The lowest BCUT2D eigenvalue weighted by Gasteiger charge is -2.33. The van der Waals surface area contributed by atoms with E-state index in [2.05, 4.69) is 0 Å². The van der Waals surface area contributed by atoms with Gasteiger partial charge in [-0.15, -0.1) is 0 Å². The van der Waals surface area contributed by atoms with Crippen LogP contribution in [-0.4, -0.2) is 66.4 Å².